The van der Waals surface area contributed by atoms with Gasteiger partial charge in [-0.1, -0.05) is 17.4 Å². The molecule has 0 fully saturated rings. The van der Waals surface area contributed by atoms with Crippen molar-refractivity contribution in [2.75, 3.05) is 29.9 Å². The highest BCUT2D eigenvalue weighted by Crippen LogP contribution is 2.25. The minimum atomic E-state index is -0.637. The third-order valence-electron chi connectivity index (χ3n) is 5.08. The molecule has 1 aromatic carbocycles. The SMILES string of the molecule is C=CCn1c(=O)c2sc(N(CC)CC)nc2n(CC(=O)Nc2ccc(C(=O)OCC)cc2)c1=O. The van der Waals surface area contributed by atoms with E-state index in [1.165, 1.54) is 22.0 Å². The van der Waals surface area contributed by atoms with Crippen LogP contribution in [0.15, 0.2) is 46.5 Å². The minimum Gasteiger partial charge on any atom is -0.462 e. The van der Waals surface area contributed by atoms with E-state index in [1.807, 2.05) is 18.7 Å². The number of aromatic nitrogens is 3. The largest absolute Gasteiger partial charge is 0.462 e. The normalized spacial score (nSPS) is 10.8. The average Bonchev–Trinajstić information content (AvgIpc) is 3.26. The number of fused-ring (bicyclic) bond motifs is 1. The van der Waals surface area contributed by atoms with Crippen LogP contribution in [0, 0.1) is 0 Å². The molecule has 1 amide bonds. The predicted octanol–water partition coefficient (Wildman–Crippen LogP) is 2.47. The Balaban J connectivity index is 1.95. The van der Waals surface area contributed by atoms with Gasteiger partial charge in [0.25, 0.3) is 5.56 Å². The molecular formula is C23H27N5O5S. The van der Waals surface area contributed by atoms with Crippen LogP contribution < -0.4 is 21.5 Å². The zero-order chi connectivity index (χ0) is 24.8. The molecule has 2 heterocycles. The summed E-state index contributed by atoms with van der Waals surface area (Å²) in [5.41, 5.74) is -0.108. The molecule has 0 unspecified atom stereocenters. The molecule has 0 radical (unpaired) electrons. The van der Waals surface area contributed by atoms with E-state index in [0.717, 1.165) is 4.57 Å². The van der Waals surface area contributed by atoms with E-state index in [1.54, 1.807) is 31.2 Å². The van der Waals surface area contributed by atoms with Crippen LogP contribution in [0.2, 0.25) is 0 Å². The van der Waals surface area contributed by atoms with Gasteiger partial charge in [0.05, 0.1) is 12.2 Å². The number of ether oxygens (including phenoxy) is 1. The first kappa shape index (κ1) is 24.9. The van der Waals surface area contributed by atoms with Gasteiger partial charge in [0.15, 0.2) is 10.8 Å². The van der Waals surface area contributed by atoms with E-state index in [0.29, 0.717) is 34.2 Å². The molecule has 0 aliphatic rings. The summed E-state index contributed by atoms with van der Waals surface area (Å²) in [6, 6.07) is 6.23. The molecule has 0 aliphatic carbocycles. The molecular weight excluding hydrogens is 458 g/mol. The van der Waals surface area contributed by atoms with Crippen molar-refractivity contribution in [1.29, 1.82) is 0 Å². The average molecular weight is 486 g/mol. The van der Waals surface area contributed by atoms with Crippen LogP contribution >= 0.6 is 11.3 Å². The summed E-state index contributed by atoms with van der Waals surface area (Å²) in [5, 5.41) is 3.31. The molecule has 3 rings (SSSR count). The molecule has 0 spiro atoms. The van der Waals surface area contributed by atoms with Gasteiger partial charge in [0.2, 0.25) is 5.91 Å². The first-order valence-electron chi connectivity index (χ1n) is 10.9. The highest BCUT2D eigenvalue weighted by molar-refractivity contribution is 7.22. The summed E-state index contributed by atoms with van der Waals surface area (Å²) in [5.74, 6) is -0.931. The fraction of sp³-hybridized carbons (Fsp3) is 0.348. The first-order valence-corrected chi connectivity index (χ1v) is 11.7. The third kappa shape index (κ3) is 5.09. The number of carbonyl (C=O) groups is 2. The molecule has 0 aliphatic heterocycles. The van der Waals surface area contributed by atoms with Gasteiger partial charge in [0.1, 0.15) is 11.2 Å². The van der Waals surface area contributed by atoms with Gasteiger partial charge < -0.3 is 15.0 Å². The van der Waals surface area contributed by atoms with Crippen LogP contribution in [0.5, 0.6) is 0 Å². The van der Waals surface area contributed by atoms with Crippen molar-refractivity contribution in [3.63, 3.8) is 0 Å². The number of hydrogen-bond acceptors (Lipinski definition) is 8. The van der Waals surface area contributed by atoms with Gasteiger partial charge in [-0.3, -0.25) is 18.7 Å². The molecule has 0 saturated heterocycles. The van der Waals surface area contributed by atoms with Crippen molar-refractivity contribution in [3.8, 4) is 0 Å². The maximum atomic E-state index is 13.1. The lowest BCUT2D eigenvalue weighted by atomic mass is 10.2. The van der Waals surface area contributed by atoms with Crippen LogP contribution in [-0.2, 0) is 22.6 Å². The van der Waals surface area contributed by atoms with E-state index >= 15 is 0 Å². The van der Waals surface area contributed by atoms with Gasteiger partial charge in [-0.05, 0) is 45.0 Å². The topological polar surface area (TPSA) is 116 Å². The lowest BCUT2D eigenvalue weighted by molar-refractivity contribution is -0.116. The Morgan fingerprint density at radius 3 is 2.41 bits per heavy atom. The Kier molecular flexibility index (Phi) is 8.00. The number of nitrogens with one attached hydrogen (secondary N) is 1. The fourth-order valence-electron chi connectivity index (χ4n) is 3.38. The number of nitrogens with zero attached hydrogens (tertiary/aromatic N) is 4. The van der Waals surface area contributed by atoms with Crippen LogP contribution in [0.3, 0.4) is 0 Å². The fourth-order valence-corrected chi connectivity index (χ4v) is 4.53. The van der Waals surface area contributed by atoms with E-state index in [2.05, 4.69) is 16.9 Å². The molecule has 0 atom stereocenters. The summed E-state index contributed by atoms with van der Waals surface area (Å²) in [4.78, 5) is 57.1. The Bertz CT molecular complexity index is 1320. The van der Waals surface area contributed by atoms with Gasteiger partial charge in [-0.2, -0.15) is 0 Å². The summed E-state index contributed by atoms with van der Waals surface area (Å²) >= 11 is 1.20. The second-order valence-corrected chi connectivity index (χ2v) is 8.22. The zero-order valence-electron chi connectivity index (χ0n) is 19.4. The second-order valence-electron chi connectivity index (χ2n) is 7.24. The number of esters is 1. The molecule has 1 N–H and O–H groups in total. The van der Waals surface area contributed by atoms with Crippen LogP contribution in [0.4, 0.5) is 10.8 Å². The van der Waals surface area contributed by atoms with Crippen molar-refractivity contribution >= 4 is 44.4 Å². The lowest BCUT2D eigenvalue weighted by Gasteiger charge is -2.16. The second kappa shape index (κ2) is 10.9. The van der Waals surface area contributed by atoms with Gasteiger partial charge in [-0.15, -0.1) is 6.58 Å². The maximum Gasteiger partial charge on any atom is 0.338 e. The summed E-state index contributed by atoms with van der Waals surface area (Å²) in [6.07, 6.45) is 1.45. The van der Waals surface area contributed by atoms with Crippen molar-refractivity contribution in [2.45, 2.75) is 33.9 Å². The molecule has 0 saturated carbocycles. The number of carbonyl (C=O) groups excluding carboxylic acids is 2. The van der Waals surface area contributed by atoms with E-state index in [9.17, 15) is 19.2 Å². The number of benzene rings is 1. The van der Waals surface area contributed by atoms with Crippen LogP contribution in [-0.4, -0.2) is 45.7 Å². The van der Waals surface area contributed by atoms with E-state index < -0.39 is 23.1 Å². The van der Waals surface area contributed by atoms with E-state index in [-0.39, 0.29) is 25.3 Å². The Hall–Kier alpha value is -3.73. The van der Waals surface area contributed by atoms with Gasteiger partial charge >= 0.3 is 11.7 Å². The Labute approximate surface area is 200 Å². The Morgan fingerprint density at radius 2 is 1.82 bits per heavy atom. The summed E-state index contributed by atoms with van der Waals surface area (Å²) < 4.78 is 7.49. The minimum absolute atomic E-state index is 0.0169. The first-order chi connectivity index (χ1) is 16.3. The number of thiazole rings is 1. The monoisotopic (exact) mass is 485 g/mol. The van der Waals surface area contributed by atoms with Gasteiger partial charge in [0, 0.05) is 25.3 Å². The molecule has 10 nitrogen and oxygen atoms in total. The highest BCUT2D eigenvalue weighted by Gasteiger charge is 2.21. The quantitative estimate of drug-likeness (QED) is 0.346. The predicted molar refractivity (Wildman–Crippen MR) is 133 cm³/mol. The number of rotatable bonds is 10. The Morgan fingerprint density at radius 1 is 1.15 bits per heavy atom. The molecule has 180 valence electrons. The molecule has 2 aromatic heterocycles. The summed E-state index contributed by atoms with van der Waals surface area (Å²) in [7, 11) is 0. The van der Waals surface area contributed by atoms with Crippen molar-refractivity contribution in [1.82, 2.24) is 14.1 Å². The van der Waals surface area contributed by atoms with Crippen LogP contribution in [0.25, 0.3) is 10.3 Å². The third-order valence-corrected chi connectivity index (χ3v) is 6.18. The molecule has 34 heavy (non-hydrogen) atoms. The zero-order valence-corrected chi connectivity index (χ0v) is 20.2. The number of allylic oxidation sites excluding steroid dienone is 1. The number of anilines is 2. The van der Waals surface area contributed by atoms with Crippen LogP contribution in [0.1, 0.15) is 31.1 Å². The smallest absolute Gasteiger partial charge is 0.338 e. The standard InChI is InChI=1S/C23H27N5O5S/c1-5-13-27-20(30)18-19(25-22(34-18)26(6-2)7-3)28(23(27)32)14-17(29)24-16-11-9-15(10-12-16)21(31)33-8-4/h5,9-12H,1,6-8,13-14H2,2-4H3,(H,24,29). The van der Waals surface area contributed by atoms with Crippen molar-refractivity contribution < 1.29 is 14.3 Å². The summed E-state index contributed by atoms with van der Waals surface area (Å²) in [6.45, 7) is 10.6. The highest BCUT2D eigenvalue weighted by atomic mass is 32.1. The molecule has 3 aromatic rings. The van der Waals surface area contributed by atoms with E-state index in [4.69, 9.17) is 4.74 Å². The molecule has 11 heteroatoms. The molecule has 0 bridgehead atoms. The lowest BCUT2D eigenvalue weighted by Crippen LogP contribution is -2.41. The van der Waals surface area contributed by atoms with Crippen molar-refractivity contribution in [3.05, 3.63) is 63.3 Å². The number of hydrogen-bond donors (Lipinski definition) is 1. The maximum absolute atomic E-state index is 13.1. The van der Waals surface area contributed by atoms with Crippen molar-refractivity contribution in [2.24, 2.45) is 0 Å². The van der Waals surface area contributed by atoms with Gasteiger partial charge in [-0.25, -0.2) is 14.6 Å². The number of amides is 1.